The lowest BCUT2D eigenvalue weighted by atomic mass is 10.2. The second-order valence-electron chi connectivity index (χ2n) is 3.44. The summed E-state index contributed by atoms with van der Waals surface area (Å²) < 4.78 is 7.96. The van der Waals surface area contributed by atoms with Crippen LogP contribution in [-0.4, -0.2) is 24.4 Å². The van der Waals surface area contributed by atoms with Gasteiger partial charge in [-0.05, 0) is 19.3 Å². The van der Waals surface area contributed by atoms with Crippen LogP contribution in [0, 0.1) is 0 Å². The van der Waals surface area contributed by atoms with Crippen molar-refractivity contribution in [1.82, 2.24) is 4.67 Å². The predicted molar refractivity (Wildman–Crippen MR) is 60.6 cm³/mol. The Kier molecular flexibility index (Phi) is 6.05. The SMILES string of the molecule is CCCCO[P+](=S)N1CCCCC1. The van der Waals surface area contributed by atoms with Gasteiger partial charge >= 0.3 is 7.07 Å². The van der Waals surface area contributed by atoms with Crippen LogP contribution in [0.5, 0.6) is 0 Å². The van der Waals surface area contributed by atoms with Crippen LogP contribution in [0.2, 0.25) is 0 Å². The average Bonchev–Trinajstić information content (AvgIpc) is 2.19. The molecule has 0 aromatic carbocycles. The highest BCUT2D eigenvalue weighted by atomic mass is 32.4. The highest BCUT2D eigenvalue weighted by Gasteiger charge is 2.26. The number of rotatable bonds is 5. The fourth-order valence-corrected chi connectivity index (χ4v) is 3.18. The van der Waals surface area contributed by atoms with Crippen molar-refractivity contribution in [2.45, 2.75) is 39.0 Å². The molecule has 0 N–H and O–H groups in total. The first-order valence-electron chi connectivity index (χ1n) is 5.19. The number of hydrogen-bond acceptors (Lipinski definition) is 2. The Labute approximate surface area is 87.2 Å². The van der Waals surface area contributed by atoms with Gasteiger partial charge in [-0.25, -0.2) is 0 Å². The Balaban J connectivity index is 2.13. The van der Waals surface area contributed by atoms with Crippen LogP contribution in [0.15, 0.2) is 0 Å². The normalized spacial score (nSPS) is 20.2. The molecule has 1 saturated heterocycles. The molecule has 0 amide bonds. The summed E-state index contributed by atoms with van der Waals surface area (Å²) in [5.41, 5.74) is 0. The second-order valence-corrected chi connectivity index (χ2v) is 5.68. The quantitative estimate of drug-likeness (QED) is 0.522. The maximum atomic E-state index is 5.63. The molecule has 13 heavy (non-hydrogen) atoms. The number of nitrogens with zero attached hydrogens (tertiary/aromatic N) is 1. The van der Waals surface area contributed by atoms with Crippen molar-refractivity contribution in [3.8, 4) is 0 Å². The monoisotopic (exact) mass is 220 g/mol. The van der Waals surface area contributed by atoms with Crippen molar-refractivity contribution in [2.75, 3.05) is 19.7 Å². The van der Waals surface area contributed by atoms with Gasteiger partial charge in [-0.3, -0.25) is 0 Å². The van der Waals surface area contributed by atoms with E-state index in [-0.39, 0.29) is 0 Å². The van der Waals surface area contributed by atoms with Crippen molar-refractivity contribution in [3.63, 3.8) is 0 Å². The number of hydrogen-bond donors (Lipinski definition) is 0. The van der Waals surface area contributed by atoms with Crippen LogP contribution in [0.1, 0.15) is 39.0 Å². The fourth-order valence-electron chi connectivity index (χ4n) is 1.41. The van der Waals surface area contributed by atoms with Crippen molar-refractivity contribution in [1.29, 1.82) is 0 Å². The second kappa shape index (κ2) is 6.83. The molecule has 1 atom stereocenters. The topological polar surface area (TPSA) is 12.5 Å². The Bertz CT molecular complexity index is 160. The summed E-state index contributed by atoms with van der Waals surface area (Å²) in [6.45, 7) is 5.33. The summed E-state index contributed by atoms with van der Waals surface area (Å²) in [7, 11) is -0.694. The molecule has 1 fully saturated rings. The fraction of sp³-hybridized carbons (Fsp3) is 1.00. The van der Waals surface area contributed by atoms with Gasteiger partial charge in [-0.1, -0.05) is 24.4 Å². The minimum absolute atomic E-state index is 0.694. The smallest absolute Gasteiger partial charge is 0.152 e. The van der Waals surface area contributed by atoms with Crippen molar-refractivity contribution in [3.05, 3.63) is 0 Å². The van der Waals surface area contributed by atoms with Crippen LogP contribution in [0.4, 0.5) is 0 Å². The van der Waals surface area contributed by atoms with E-state index < -0.39 is 7.07 Å². The zero-order valence-electron chi connectivity index (χ0n) is 8.37. The largest absolute Gasteiger partial charge is 0.442 e. The van der Waals surface area contributed by atoms with Crippen molar-refractivity contribution in [2.24, 2.45) is 0 Å². The van der Waals surface area contributed by atoms with E-state index in [4.69, 9.17) is 16.3 Å². The highest BCUT2D eigenvalue weighted by Crippen LogP contribution is 2.31. The first-order valence-corrected chi connectivity index (χ1v) is 7.42. The molecule has 1 unspecified atom stereocenters. The van der Waals surface area contributed by atoms with Crippen LogP contribution in [0.25, 0.3) is 0 Å². The molecule has 0 bridgehead atoms. The lowest BCUT2D eigenvalue weighted by Gasteiger charge is -2.16. The van der Waals surface area contributed by atoms with Gasteiger partial charge in [-0.2, -0.15) is 4.52 Å². The molecular weight excluding hydrogens is 201 g/mol. The van der Waals surface area contributed by atoms with Gasteiger partial charge in [0.1, 0.15) is 6.61 Å². The van der Waals surface area contributed by atoms with E-state index in [1.54, 1.807) is 0 Å². The van der Waals surface area contributed by atoms with Gasteiger partial charge in [0.2, 0.25) is 11.8 Å². The molecule has 2 nitrogen and oxygen atoms in total. The Morgan fingerprint density at radius 1 is 1.31 bits per heavy atom. The van der Waals surface area contributed by atoms with Crippen molar-refractivity contribution >= 4 is 18.9 Å². The molecule has 0 spiro atoms. The summed E-state index contributed by atoms with van der Waals surface area (Å²) in [6, 6.07) is 0. The molecule has 1 aliphatic rings. The zero-order valence-corrected chi connectivity index (χ0v) is 10.1. The van der Waals surface area contributed by atoms with E-state index in [1.165, 1.54) is 25.7 Å². The Hall–Kier alpha value is 0.440. The molecule has 1 aliphatic heterocycles. The van der Waals surface area contributed by atoms with E-state index in [0.717, 1.165) is 26.1 Å². The Morgan fingerprint density at radius 2 is 2.00 bits per heavy atom. The molecule has 4 heteroatoms. The summed E-state index contributed by atoms with van der Waals surface area (Å²) in [5.74, 6) is 0. The predicted octanol–water partition coefficient (Wildman–Crippen LogP) is 3.06. The standard InChI is InChI=1S/C9H19NOPS/c1-2-3-9-11-12(13)10-7-5-4-6-8-10/h2-9H2,1H3/q+1. The lowest BCUT2D eigenvalue weighted by molar-refractivity contribution is 0.290. The lowest BCUT2D eigenvalue weighted by Crippen LogP contribution is -2.23. The number of piperidine rings is 1. The van der Waals surface area contributed by atoms with Crippen LogP contribution in [-0.2, 0) is 16.3 Å². The summed E-state index contributed by atoms with van der Waals surface area (Å²) >= 11 is 5.34. The van der Waals surface area contributed by atoms with Gasteiger partial charge in [-0.15, -0.1) is 0 Å². The molecule has 0 aromatic heterocycles. The van der Waals surface area contributed by atoms with Gasteiger partial charge < -0.3 is 0 Å². The third kappa shape index (κ3) is 4.46. The number of unbranched alkanes of at least 4 members (excludes halogenated alkanes) is 1. The third-order valence-corrected chi connectivity index (χ3v) is 4.54. The molecule has 0 aromatic rings. The maximum Gasteiger partial charge on any atom is 0.442 e. The van der Waals surface area contributed by atoms with E-state index in [2.05, 4.69) is 11.6 Å². The molecular formula is C9H19NOPS+. The molecule has 0 aliphatic carbocycles. The third-order valence-electron chi connectivity index (χ3n) is 2.26. The molecule has 0 saturated carbocycles. The average molecular weight is 220 g/mol. The van der Waals surface area contributed by atoms with E-state index in [9.17, 15) is 0 Å². The van der Waals surface area contributed by atoms with E-state index in [1.807, 2.05) is 0 Å². The van der Waals surface area contributed by atoms with E-state index >= 15 is 0 Å². The van der Waals surface area contributed by atoms with Gasteiger partial charge in [0, 0.05) is 13.1 Å². The minimum Gasteiger partial charge on any atom is -0.152 e. The van der Waals surface area contributed by atoms with Crippen molar-refractivity contribution < 1.29 is 4.52 Å². The summed E-state index contributed by atoms with van der Waals surface area (Å²) in [4.78, 5) is 0. The first-order chi connectivity index (χ1) is 6.34. The molecule has 1 rings (SSSR count). The summed E-state index contributed by atoms with van der Waals surface area (Å²) in [6.07, 6.45) is 6.30. The molecule has 0 radical (unpaired) electrons. The minimum atomic E-state index is -0.694. The molecule has 1 heterocycles. The van der Waals surface area contributed by atoms with Gasteiger partial charge in [0.15, 0.2) is 0 Å². The highest BCUT2D eigenvalue weighted by molar-refractivity contribution is 8.01. The Morgan fingerprint density at radius 3 is 2.62 bits per heavy atom. The van der Waals surface area contributed by atoms with Gasteiger partial charge in [0.25, 0.3) is 0 Å². The first kappa shape index (κ1) is 11.5. The summed E-state index contributed by atoms with van der Waals surface area (Å²) in [5, 5.41) is 0. The maximum absolute atomic E-state index is 5.63. The molecule has 76 valence electrons. The van der Waals surface area contributed by atoms with Crippen LogP contribution < -0.4 is 0 Å². The zero-order chi connectivity index (χ0) is 9.52. The van der Waals surface area contributed by atoms with Crippen LogP contribution in [0.3, 0.4) is 0 Å². The van der Waals surface area contributed by atoms with Crippen LogP contribution >= 0.6 is 7.07 Å². The van der Waals surface area contributed by atoms with Gasteiger partial charge in [0.05, 0.1) is 0 Å². The van der Waals surface area contributed by atoms with E-state index in [0.29, 0.717) is 0 Å².